The van der Waals surface area contributed by atoms with Crippen molar-refractivity contribution in [1.82, 2.24) is 14.9 Å². The molecule has 0 fully saturated rings. The van der Waals surface area contributed by atoms with Gasteiger partial charge in [-0.1, -0.05) is 30.3 Å². The molecule has 0 bridgehead atoms. The third-order valence-electron chi connectivity index (χ3n) is 3.76. The van der Waals surface area contributed by atoms with Crippen molar-refractivity contribution in [3.8, 4) is 0 Å². The van der Waals surface area contributed by atoms with Crippen molar-refractivity contribution >= 4 is 16.7 Å². The van der Waals surface area contributed by atoms with Crippen LogP contribution in [-0.4, -0.2) is 20.6 Å². The molecular weight excluding hydrogens is 278 g/mol. The lowest BCUT2D eigenvalue weighted by Gasteiger charge is -2.10. The first-order valence-corrected chi connectivity index (χ1v) is 7.07. The zero-order valence-electron chi connectivity index (χ0n) is 12.3. The molecule has 0 aliphatic carbocycles. The maximum Gasteiger partial charge on any atom is 0.336 e. The number of carbonyl (C=O) groups is 1. The third-order valence-corrected chi connectivity index (χ3v) is 3.76. The van der Waals surface area contributed by atoms with Crippen LogP contribution in [0.1, 0.15) is 21.7 Å². The number of carboxylic acid groups (broad SMARTS) is 1. The molecule has 0 atom stereocenters. The average molecular weight is 295 g/mol. The van der Waals surface area contributed by atoms with Gasteiger partial charge in [-0.15, -0.1) is 0 Å². The number of aromatic carboxylic acids is 1. The predicted molar refractivity (Wildman–Crippen MR) is 84.7 cm³/mol. The second-order valence-electron chi connectivity index (χ2n) is 5.18. The molecule has 22 heavy (non-hydrogen) atoms. The highest BCUT2D eigenvalue weighted by atomic mass is 16.4. The van der Waals surface area contributed by atoms with Crippen molar-refractivity contribution in [1.29, 1.82) is 0 Å². The summed E-state index contributed by atoms with van der Waals surface area (Å²) in [5.41, 5.74) is 1.42. The van der Waals surface area contributed by atoms with E-state index >= 15 is 0 Å². The Bertz CT molecular complexity index is 824. The van der Waals surface area contributed by atoms with Gasteiger partial charge in [0.05, 0.1) is 12.1 Å². The minimum absolute atomic E-state index is 0.337. The van der Waals surface area contributed by atoms with E-state index in [1.54, 1.807) is 12.3 Å². The van der Waals surface area contributed by atoms with E-state index in [2.05, 4.69) is 10.3 Å². The van der Waals surface area contributed by atoms with Crippen LogP contribution >= 0.6 is 0 Å². The lowest BCUT2D eigenvalue weighted by molar-refractivity contribution is 0.0699. The summed E-state index contributed by atoms with van der Waals surface area (Å²) in [6, 6.07) is 11.1. The van der Waals surface area contributed by atoms with Gasteiger partial charge in [0.2, 0.25) is 0 Å². The Kier molecular flexibility index (Phi) is 3.89. The Morgan fingerprint density at radius 3 is 2.64 bits per heavy atom. The van der Waals surface area contributed by atoms with Gasteiger partial charge < -0.3 is 15.0 Å². The summed E-state index contributed by atoms with van der Waals surface area (Å²) in [6.45, 7) is 1.33. The fourth-order valence-corrected chi connectivity index (χ4v) is 2.58. The Labute approximate surface area is 128 Å². The van der Waals surface area contributed by atoms with E-state index in [1.165, 1.54) is 0 Å². The highest BCUT2D eigenvalue weighted by molar-refractivity contribution is 6.04. The van der Waals surface area contributed by atoms with Gasteiger partial charge in [-0.3, -0.25) is 0 Å². The van der Waals surface area contributed by atoms with E-state index in [0.717, 1.165) is 22.2 Å². The number of benzene rings is 2. The summed E-state index contributed by atoms with van der Waals surface area (Å²) in [7, 11) is 1.96. The molecule has 0 spiro atoms. The largest absolute Gasteiger partial charge is 0.478 e. The molecule has 3 aromatic rings. The number of aromatic nitrogens is 2. The first-order valence-electron chi connectivity index (χ1n) is 7.07. The average Bonchev–Trinajstić information content (AvgIpc) is 2.92. The van der Waals surface area contributed by atoms with Gasteiger partial charge in [0.15, 0.2) is 0 Å². The van der Waals surface area contributed by atoms with Gasteiger partial charge >= 0.3 is 5.97 Å². The molecule has 3 rings (SSSR count). The number of aryl methyl sites for hydroxylation is 1. The fourth-order valence-electron chi connectivity index (χ4n) is 2.58. The van der Waals surface area contributed by atoms with E-state index in [0.29, 0.717) is 18.7 Å². The number of carboxylic acids is 1. The second-order valence-corrected chi connectivity index (χ2v) is 5.18. The van der Waals surface area contributed by atoms with Gasteiger partial charge in [-0.25, -0.2) is 9.78 Å². The number of nitrogens with zero attached hydrogens (tertiary/aromatic N) is 2. The van der Waals surface area contributed by atoms with Gasteiger partial charge in [0.1, 0.15) is 5.82 Å². The minimum atomic E-state index is -0.899. The van der Waals surface area contributed by atoms with Crippen molar-refractivity contribution in [3.05, 3.63) is 65.7 Å². The molecule has 5 nitrogen and oxygen atoms in total. The second kappa shape index (κ2) is 5.99. The van der Waals surface area contributed by atoms with Crippen molar-refractivity contribution in [2.45, 2.75) is 13.1 Å². The summed E-state index contributed by atoms with van der Waals surface area (Å²) in [6.07, 6.45) is 3.68. The lowest BCUT2D eigenvalue weighted by atomic mass is 9.99. The molecule has 112 valence electrons. The van der Waals surface area contributed by atoms with Crippen molar-refractivity contribution in [2.24, 2.45) is 7.05 Å². The van der Waals surface area contributed by atoms with Crippen LogP contribution < -0.4 is 5.32 Å². The Morgan fingerprint density at radius 2 is 1.95 bits per heavy atom. The summed E-state index contributed by atoms with van der Waals surface area (Å²) < 4.78 is 1.97. The molecule has 0 aliphatic rings. The number of fused-ring (bicyclic) bond motifs is 1. The molecule has 0 aliphatic heterocycles. The molecule has 0 radical (unpaired) electrons. The van der Waals surface area contributed by atoms with Crippen LogP contribution in [0.25, 0.3) is 10.8 Å². The third kappa shape index (κ3) is 2.71. The van der Waals surface area contributed by atoms with Crippen LogP contribution in [-0.2, 0) is 20.1 Å². The maximum atomic E-state index is 11.3. The minimum Gasteiger partial charge on any atom is -0.478 e. The number of hydrogen-bond donors (Lipinski definition) is 2. The highest BCUT2D eigenvalue weighted by Gasteiger charge is 2.10. The molecule has 2 aromatic carbocycles. The Morgan fingerprint density at radius 1 is 1.18 bits per heavy atom. The molecule has 5 heteroatoms. The topological polar surface area (TPSA) is 67.2 Å². The van der Waals surface area contributed by atoms with E-state index < -0.39 is 5.97 Å². The molecule has 2 N–H and O–H groups in total. The van der Waals surface area contributed by atoms with Gasteiger partial charge in [0.25, 0.3) is 0 Å². The number of hydrogen-bond acceptors (Lipinski definition) is 3. The Hall–Kier alpha value is -2.66. The molecule has 0 unspecified atom stereocenters. The number of imidazole rings is 1. The monoisotopic (exact) mass is 295 g/mol. The Balaban J connectivity index is 1.84. The van der Waals surface area contributed by atoms with Crippen LogP contribution in [0, 0.1) is 0 Å². The number of rotatable bonds is 5. The van der Waals surface area contributed by atoms with Crippen LogP contribution in [0.3, 0.4) is 0 Å². The zero-order chi connectivity index (χ0) is 15.5. The standard InChI is InChI=1S/C17H17N3O2/c1-20-9-8-19-16(20)11-18-10-12-6-7-15(17(21)22)14-5-3-2-4-13(12)14/h2-9,18H,10-11H2,1H3,(H,21,22). The summed E-state index contributed by atoms with van der Waals surface area (Å²) in [5.74, 6) is 0.0650. The first kappa shape index (κ1) is 14.3. The quantitative estimate of drug-likeness (QED) is 0.759. The molecule has 0 saturated heterocycles. The van der Waals surface area contributed by atoms with Gasteiger partial charge in [-0.05, 0) is 22.4 Å². The van der Waals surface area contributed by atoms with E-state index in [-0.39, 0.29) is 0 Å². The van der Waals surface area contributed by atoms with E-state index in [4.69, 9.17) is 0 Å². The van der Waals surface area contributed by atoms with E-state index in [9.17, 15) is 9.90 Å². The van der Waals surface area contributed by atoms with Crippen molar-refractivity contribution < 1.29 is 9.90 Å². The normalized spacial score (nSPS) is 11.0. The van der Waals surface area contributed by atoms with Crippen molar-refractivity contribution in [2.75, 3.05) is 0 Å². The van der Waals surface area contributed by atoms with Crippen LogP contribution in [0.5, 0.6) is 0 Å². The SMILES string of the molecule is Cn1ccnc1CNCc1ccc(C(=O)O)c2ccccc12. The fraction of sp³-hybridized carbons (Fsp3) is 0.176. The summed E-state index contributed by atoms with van der Waals surface area (Å²) in [4.78, 5) is 15.6. The highest BCUT2D eigenvalue weighted by Crippen LogP contribution is 2.23. The van der Waals surface area contributed by atoms with Gasteiger partial charge in [0, 0.05) is 26.0 Å². The molecule has 0 saturated carbocycles. The van der Waals surface area contributed by atoms with Crippen LogP contribution in [0.15, 0.2) is 48.8 Å². The van der Waals surface area contributed by atoms with Crippen molar-refractivity contribution in [3.63, 3.8) is 0 Å². The smallest absolute Gasteiger partial charge is 0.336 e. The molecular formula is C17H17N3O2. The summed E-state index contributed by atoms with van der Waals surface area (Å²) >= 11 is 0. The van der Waals surface area contributed by atoms with Crippen LogP contribution in [0.2, 0.25) is 0 Å². The molecule has 1 heterocycles. The zero-order valence-corrected chi connectivity index (χ0v) is 12.3. The van der Waals surface area contributed by atoms with Crippen LogP contribution in [0.4, 0.5) is 0 Å². The first-order chi connectivity index (χ1) is 10.7. The number of nitrogens with one attached hydrogen (secondary N) is 1. The molecule has 0 amide bonds. The molecule has 1 aromatic heterocycles. The van der Waals surface area contributed by atoms with Gasteiger partial charge in [-0.2, -0.15) is 0 Å². The van der Waals surface area contributed by atoms with E-state index in [1.807, 2.05) is 48.1 Å². The predicted octanol–water partition coefficient (Wildman–Crippen LogP) is 2.56. The lowest BCUT2D eigenvalue weighted by Crippen LogP contribution is -2.16. The summed E-state index contributed by atoms with van der Waals surface area (Å²) in [5, 5.41) is 14.4. The maximum absolute atomic E-state index is 11.3.